The fourth-order valence-corrected chi connectivity index (χ4v) is 4.73. The summed E-state index contributed by atoms with van der Waals surface area (Å²) < 4.78 is 1.90. The second kappa shape index (κ2) is 6.14. The van der Waals surface area contributed by atoms with Crippen molar-refractivity contribution in [3.63, 3.8) is 0 Å². The lowest BCUT2D eigenvalue weighted by atomic mass is 9.88. The Morgan fingerprint density at radius 1 is 1.14 bits per heavy atom. The molecule has 22 heavy (non-hydrogen) atoms. The summed E-state index contributed by atoms with van der Waals surface area (Å²) in [6.45, 7) is 7.24. The molecule has 118 valence electrons. The lowest BCUT2D eigenvalue weighted by molar-refractivity contribution is 0.142. The van der Waals surface area contributed by atoms with Crippen LogP contribution in [-0.4, -0.2) is 45.8 Å². The molecule has 2 fully saturated rings. The number of hydrogen-bond donors (Lipinski definition) is 0. The molecule has 0 unspecified atom stereocenters. The van der Waals surface area contributed by atoms with Crippen molar-refractivity contribution in [3.05, 3.63) is 40.3 Å². The molecular weight excluding hydrogens is 292 g/mol. The highest BCUT2D eigenvalue weighted by molar-refractivity contribution is 7.07. The highest BCUT2D eigenvalue weighted by Crippen LogP contribution is 2.32. The van der Waals surface area contributed by atoms with Gasteiger partial charge in [0.2, 0.25) is 0 Å². The summed E-state index contributed by atoms with van der Waals surface area (Å²) in [5.74, 6) is 1.76. The zero-order valence-corrected chi connectivity index (χ0v) is 14.0. The first kappa shape index (κ1) is 14.4. The van der Waals surface area contributed by atoms with Crippen LogP contribution < -0.4 is 0 Å². The number of aromatic nitrogens is 2. The summed E-state index contributed by atoms with van der Waals surface area (Å²) in [5, 5.41) is 8.76. The smallest absolute Gasteiger partial charge is 0.0534 e. The first-order valence-corrected chi connectivity index (χ1v) is 9.14. The number of piperidine rings is 1. The first-order chi connectivity index (χ1) is 10.8. The van der Waals surface area contributed by atoms with Crippen LogP contribution in [0.25, 0.3) is 0 Å². The first-order valence-electron chi connectivity index (χ1n) is 8.19. The monoisotopic (exact) mass is 316 g/mol. The third-order valence-corrected chi connectivity index (χ3v) is 5.84. The van der Waals surface area contributed by atoms with Gasteiger partial charge < -0.3 is 0 Å². The van der Waals surface area contributed by atoms with E-state index in [2.05, 4.69) is 37.9 Å². The Balaban J connectivity index is 1.33. The second-order valence-corrected chi connectivity index (χ2v) is 7.67. The molecule has 0 N–H and O–H groups in total. The average Bonchev–Trinajstić information content (AvgIpc) is 3.20. The van der Waals surface area contributed by atoms with Gasteiger partial charge in [-0.2, -0.15) is 16.4 Å². The van der Waals surface area contributed by atoms with Crippen LogP contribution in [0.2, 0.25) is 0 Å². The zero-order chi connectivity index (χ0) is 14.9. The van der Waals surface area contributed by atoms with Crippen LogP contribution in [-0.2, 0) is 20.1 Å². The number of likely N-dealkylation sites (tertiary alicyclic amines) is 2. The molecular formula is C17H24N4S. The summed E-state index contributed by atoms with van der Waals surface area (Å²) in [5.41, 5.74) is 2.82. The third kappa shape index (κ3) is 3.12. The van der Waals surface area contributed by atoms with Gasteiger partial charge in [-0.25, -0.2) is 0 Å². The van der Waals surface area contributed by atoms with E-state index in [4.69, 9.17) is 0 Å². The Morgan fingerprint density at radius 3 is 2.73 bits per heavy atom. The molecule has 2 aliphatic rings. The fraction of sp³-hybridized carbons (Fsp3) is 0.588. The molecule has 2 aliphatic heterocycles. The molecule has 2 aromatic heterocycles. The molecule has 0 saturated carbocycles. The highest BCUT2D eigenvalue weighted by atomic mass is 32.1. The van der Waals surface area contributed by atoms with E-state index >= 15 is 0 Å². The molecule has 4 rings (SSSR count). The average molecular weight is 316 g/mol. The van der Waals surface area contributed by atoms with Crippen LogP contribution in [0, 0.1) is 11.8 Å². The van der Waals surface area contributed by atoms with E-state index in [1.54, 1.807) is 0 Å². The van der Waals surface area contributed by atoms with Gasteiger partial charge in [-0.15, -0.1) is 0 Å². The van der Waals surface area contributed by atoms with Crippen molar-refractivity contribution in [1.29, 1.82) is 0 Å². The Kier molecular flexibility index (Phi) is 4.03. The Hall–Kier alpha value is -1.17. The highest BCUT2D eigenvalue weighted by Gasteiger charge is 2.36. The van der Waals surface area contributed by atoms with Gasteiger partial charge in [0.05, 0.1) is 6.20 Å². The number of nitrogens with zero attached hydrogens (tertiary/aromatic N) is 4. The summed E-state index contributed by atoms with van der Waals surface area (Å²) in [6, 6.07) is 2.27. The largest absolute Gasteiger partial charge is 0.299 e. The van der Waals surface area contributed by atoms with E-state index in [1.807, 2.05) is 29.3 Å². The standard InChI is InChI=1S/C17H24N4S/c1-19-7-15(6-18-19)9-20-4-2-16-10-21(12-17(16)11-20)8-14-3-5-22-13-14/h3,5-7,13,16-17H,2,4,8-12H2,1H3/t16-,17+/m0/s1. The molecule has 0 spiro atoms. The van der Waals surface area contributed by atoms with Gasteiger partial charge >= 0.3 is 0 Å². The van der Waals surface area contributed by atoms with Gasteiger partial charge in [0.15, 0.2) is 0 Å². The van der Waals surface area contributed by atoms with Crippen LogP contribution in [0.4, 0.5) is 0 Å². The van der Waals surface area contributed by atoms with E-state index in [0.29, 0.717) is 0 Å². The summed E-state index contributed by atoms with van der Waals surface area (Å²) in [7, 11) is 2.00. The number of thiophene rings is 1. The van der Waals surface area contributed by atoms with Gasteiger partial charge in [-0.05, 0) is 47.2 Å². The Bertz CT molecular complexity index is 606. The van der Waals surface area contributed by atoms with Crippen LogP contribution in [0.5, 0.6) is 0 Å². The number of hydrogen-bond acceptors (Lipinski definition) is 4. The van der Waals surface area contributed by atoms with Crippen LogP contribution >= 0.6 is 11.3 Å². The van der Waals surface area contributed by atoms with Crippen molar-refractivity contribution in [1.82, 2.24) is 19.6 Å². The molecule has 5 heteroatoms. The minimum atomic E-state index is 0.851. The maximum Gasteiger partial charge on any atom is 0.0534 e. The van der Waals surface area contributed by atoms with Crippen molar-refractivity contribution >= 4 is 11.3 Å². The molecule has 4 heterocycles. The van der Waals surface area contributed by atoms with Crippen molar-refractivity contribution < 1.29 is 0 Å². The van der Waals surface area contributed by atoms with E-state index < -0.39 is 0 Å². The lowest BCUT2D eigenvalue weighted by Crippen LogP contribution is -2.39. The van der Waals surface area contributed by atoms with Crippen LogP contribution in [0.3, 0.4) is 0 Å². The quantitative estimate of drug-likeness (QED) is 0.866. The number of fused-ring (bicyclic) bond motifs is 1. The minimum absolute atomic E-state index is 0.851. The van der Waals surface area contributed by atoms with Crippen molar-refractivity contribution in [2.45, 2.75) is 19.5 Å². The van der Waals surface area contributed by atoms with E-state index in [0.717, 1.165) is 24.9 Å². The fourth-order valence-electron chi connectivity index (χ4n) is 4.07. The maximum atomic E-state index is 4.29. The van der Waals surface area contributed by atoms with E-state index in [1.165, 1.54) is 43.7 Å². The van der Waals surface area contributed by atoms with Crippen LogP contribution in [0.15, 0.2) is 29.2 Å². The summed E-state index contributed by atoms with van der Waals surface area (Å²) in [4.78, 5) is 5.28. The topological polar surface area (TPSA) is 24.3 Å². The van der Waals surface area contributed by atoms with Crippen molar-refractivity contribution in [3.8, 4) is 0 Å². The molecule has 0 aromatic carbocycles. The normalized spacial score (nSPS) is 26.4. The summed E-state index contributed by atoms with van der Waals surface area (Å²) in [6.07, 6.45) is 5.50. The molecule has 0 bridgehead atoms. The van der Waals surface area contributed by atoms with Gasteiger partial charge in [0.25, 0.3) is 0 Å². The molecule has 0 amide bonds. The number of aryl methyl sites for hydroxylation is 1. The lowest BCUT2D eigenvalue weighted by Gasteiger charge is -2.34. The Morgan fingerprint density at radius 2 is 1.95 bits per heavy atom. The Labute approximate surface area is 136 Å². The summed E-state index contributed by atoms with van der Waals surface area (Å²) >= 11 is 1.81. The minimum Gasteiger partial charge on any atom is -0.299 e. The molecule has 2 atom stereocenters. The molecule has 2 saturated heterocycles. The van der Waals surface area contributed by atoms with Gasteiger partial charge in [0, 0.05) is 51.5 Å². The van der Waals surface area contributed by atoms with E-state index in [9.17, 15) is 0 Å². The third-order valence-electron chi connectivity index (χ3n) is 5.11. The van der Waals surface area contributed by atoms with Crippen molar-refractivity contribution in [2.24, 2.45) is 18.9 Å². The predicted molar refractivity (Wildman–Crippen MR) is 89.7 cm³/mol. The molecule has 0 radical (unpaired) electrons. The van der Waals surface area contributed by atoms with Gasteiger partial charge in [-0.3, -0.25) is 14.5 Å². The molecule has 2 aromatic rings. The van der Waals surface area contributed by atoms with Crippen molar-refractivity contribution in [2.75, 3.05) is 26.2 Å². The van der Waals surface area contributed by atoms with Gasteiger partial charge in [-0.1, -0.05) is 0 Å². The molecule has 0 aliphatic carbocycles. The SMILES string of the molecule is Cn1cc(CN2CC[C@H]3CN(Cc4ccsc4)C[C@H]3C2)cn1. The van der Waals surface area contributed by atoms with E-state index in [-0.39, 0.29) is 0 Å². The maximum absolute atomic E-state index is 4.29. The predicted octanol–water partition coefficient (Wildman–Crippen LogP) is 2.44. The number of rotatable bonds is 4. The second-order valence-electron chi connectivity index (χ2n) is 6.89. The molecule has 4 nitrogen and oxygen atoms in total. The zero-order valence-electron chi connectivity index (χ0n) is 13.2. The van der Waals surface area contributed by atoms with Crippen LogP contribution in [0.1, 0.15) is 17.5 Å². The van der Waals surface area contributed by atoms with Gasteiger partial charge in [0.1, 0.15) is 0 Å².